The van der Waals surface area contributed by atoms with Gasteiger partial charge in [-0.25, -0.2) is 0 Å². The second-order valence-electron chi connectivity index (χ2n) is 3.91. The van der Waals surface area contributed by atoms with Crippen molar-refractivity contribution in [3.63, 3.8) is 0 Å². The Kier molecular flexibility index (Phi) is 3.87. The van der Waals surface area contributed by atoms with Crippen molar-refractivity contribution in [1.82, 2.24) is 9.44 Å². The minimum Gasteiger partial charge on any atom is -0.278 e. The number of halogens is 2. The molecule has 0 bridgehead atoms. The van der Waals surface area contributed by atoms with E-state index in [4.69, 9.17) is 23.2 Å². The zero-order chi connectivity index (χ0) is 13.3. The predicted octanol–water partition coefficient (Wildman–Crippen LogP) is 2.77. The highest BCUT2D eigenvalue weighted by Crippen LogP contribution is 2.33. The first-order valence-corrected chi connectivity index (χ1v) is 7.60. The van der Waals surface area contributed by atoms with E-state index >= 15 is 0 Å². The Morgan fingerprint density at radius 1 is 1.33 bits per heavy atom. The fourth-order valence-electron chi connectivity index (χ4n) is 1.81. The summed E-state index contributed by atoms with van der Waals surface area (Å²) in [6.07, 6.45) is 2.21. The summed E-state index contributed by atoms with van der Waals surface area (Å²) in [5, 5.41) is 0.957. The van der Waals surface area contributed by atoms with Crippen molar-refractivity contribution in [3.05, 3.63) is 45.6 Å². The van der Waals surface area contributed by atoms with Gasteiger partial charge in [-0.05, 0) is 29.7 Å². The molecule has 1 aromatic carbocycles. The summed E-state index contributed by atoms with van der Waals surface area (Å²) in [5.74, 6) is 0. The highest BCUT2D eigenvalue weighted by atomic mass is 35.5. The first-order valence-electron chi connectivity index (χ1n) is 5.36. The smallest absolute Gasteiger partial charge is 0.278 e. The molecule has 1 aliphatic heterocycles. The van der Waals surface area contributed by atoms with Gasteiger partial charge < -0.3 is 0 Å². The maximum absolute atomic E-state index is 11.5. The van der Waals surface area contributed by atoms with Crippen molar-refractivity contribution in [2.45, 2.75) is 19.4 Å². The lowest BCUT2D eigenvalue weighted by atomic mass is 9.98. The average Bonchev–Trinajstić information content (AvgIpc) is 2.28. The third-order valence-electron chi connectivity index (χ3n) is 2.73. The van der Waals surface area contributed by atoms with Crippen molar-refractivity contribution < 1.29 is 8.42 Å². The van der Waals surface area contributed by atoms with Crippen LogP contribution in [0.15, 0.2) is 30.0 Å². The van der Waals surface area contributed by atoms with Gasteiger partial charge in [0.2, 0.25) is 0 Å². The van der Waals surface area contributed by atoms with Crippen LogP contribution in [0.3, 0.4) is 0 Å². The van der Waals surface area contributed by atoms with Crippen molar-refractivity contribution in [3.8, 4) is 0 Å². The van der Waals surface area contributed by atoms with Crippen LogP contribution in [0.25, 0.3) is 0 Å². The number of hydrogen-bond acceptors (Lipinski definition) is 2. The molecule has 1 atom stereocenters. The summed E-state index contributed by atoms with van der Waals surface area (Å²) in [5.41, 5.74) is 1.60. The molecule has 98 valence electrons. The summed E-state index contributed by atoms with van der Waals surface area (Å²) in [7, 11) is -3.52. The minimum atomic E-state index is -3.52. The van der Waals surface area contributed by atoms with Gasteiger partial charge in [0.1, 0.15) is 0 Å². The molecule has 2 rings (SSSR count). The summed E-state index contributed by atoms with van der Waals surface area (Å²) in [4.78, 5) is 0. The van der Waals surface area contributed by atoms with Crippen LogP contribution in [-0.2, 0) is 10.2 Å². The third-order valence-corrected chi connectivity index (χ3v) is 4.26. The van der Waals surface area contributed by atoms with E-state index in [1.807, 2.05) is 6.92 Å². The highest BCUT2D eigenvalue weighted by molar-refractivity contribution is 7.87. The van der Waals surface area contributed by atoms with Crippen molar-refractivity contribution in [2.75, 3.05) is 0 Å². The molecule has 1 aromatic rings. The van der Waals surface area contributed by atoms with Crippen LogP contribution in [0.4, 0.5) is 0 Å². The van der Waals surface area contributed by atoms with Crippen molar-refractivity contribution in [1.29, 1.82) is 0 Å². The fourth-order valence-corrected chi connectivity index (χ4v) is 3.29. The molecule has 1 heterocycles. The molecule has 0 aromatic heterocycles. The van der Waals surface area contributed by atoms with E-state index in [1.54, 1.807) is 18.2 Å². The Balaban J connectivity index is 2.47. The quantitative estimate of drug-likeness (QED) is 0.882. The van der Waals surface area contributed by atoms with E-state index in [1.165, 1.54) is 6.20 Å². The van der Waals surface area contributed by atoms with Crippen molar-refractivity contribution >= 4 is 33.4 Å². The molecule has 2 N–H and O–H groups in total. The molecule has 0 aliphatic carbocycles. The van der Waals surface area contributed by atoms with E-state index in [-0.39, 0.29) is 0 Å². The Morgan fingerprint density at radius 3 is 2.67 bits per heavy atom. The molecule has 0 saturated heterocycles. The maximum Gasteiger partial charge on any atom is 0.299 e. The molecule has 18 heavy (non-hydrogen) atoms. The maximum atomic E-state index is 11.5. The summed E-state index contributed by atoms with van der Waals surface area (Å²) in [6, 6.07) is 4.56. The van der Waals surface area contributed by atoms with Gasteiger partial charge in [-0.3, -0.25) is 4.72 Å². The number of hydrogen-bond donors (Lipinski definition) is 2. The molecule has 1 aliphatic rings. The second-order valence-corrected chi connectivity index (χ2v) is 6.23. The van der Waals surface area contributed by atoms with Gasteiger partial charge in [0.15, 0.2) is 0 Å². The standard InChI is InChI=1S/C11H12Cl2N2O2S/c1-2-7-6-14-18(16,17)15-11(7)9-4-3-8(12)5-10(9)13/h3-6,11,14-15H,2H2,1H3. The lowest BCUT2D eigenvalue weighted by Crippen LogP contribution is -2.41. The van der Waals surface area contributed by atoms with Crippen LogP contribution in [0.2, 0.25) is 10.0 Å². The van der Waals surface area contributed by atoms with Crippen molar-refractivity contribution in [2.24, 2.45) is 0 Å². The third kappa shape index (κ3) is 2.80. The summed E-state index contributed by atoms with van der Waals surface area (Å²) >= 11 is 11.9. The lowest BCUT2D eigenvalue weighted by molar-refractivity contribution is 0.553. The number of benzene rings is 1. The Hall–Kier alpha value is -0.750. The highest BCUT2D eigenvalue weighted by Gasteiger charge is 2.27. The van der Waals surface area contributed by atoms with E-state index in [2.05, 4.69) is 9.44 Å². The molecule has 0 amide bonds. The van der Waals surface area contributed by atoms with Crippen LogP contribution in [0.1, 0.15) is 24.9 Å². The van der Waals surface area contributed by atoms with Crippen LogP contribution < -0.4 is 9.44 Å². The van der Waals surface area contributed by atoms with Crippen LogP contribution >= 0.6 is 23.2 Å². The molecule has 0 spiro atoms. The average molecular weight is 307 g/mol. The Morgan fingerprint density at radius 2 is 2.06 bits per heavy atom. The van der Waals surface area contributed by atoms with Gasteiger partial charge in [0, 0.05) is 16.2 Å². The van der Waals surface area contributed by atoms with Gasteiger partial charge in [0.25, 0.3) is 10.2 Å². The zero-order valence-corrected chi connectivity index (χ0v) is 11.9. The van der Waals surface area contributed by atoms with E-state index < -0.39 is 16.3 Å². The Bertz CT molecular complexity index is 599. The molecule has 1 unspecified atom stereocenters. The first kappa shape index (κ1) is 13.7. The summed E-state index contributed by atoms with van der Waals surface area (Å²) in [6.45, 7) is 1.95. The monoisotopic (exact) mass is 306 g/mol. The molecular weight excluding hydrogens is 295 g/mol. The molecule has 7 heteroatoms. The van der Waals surface area contributed by atoms with Gasteiger partial charge >= 0.3 is 0 Å². The molecule has 0 saturated carbocycles. The molecule has 0 radical (unpaired) electrons. The number of rotatable bonds is 2. The normalized spacial score (nSPS) is 22.2. The van der Waals surface area contributed by atoms with Gasteiger partial charge in [-0.15, -0.1) is 0 Å². The number of nitrogens with one attached hydrogen (secondary N) is 2. The topological polar surface area (TPSA) is 58.2 Å². The predicted molar refractivity (Wildman–Crippen MR) is 72.8 cm³/mol. The zero-order valence-electron chi connectivity index (χ0n) is 9.57. The second kappa shape index (κ2) is 5.09. The lowest BCUT2D eigenvalue weighted by Gasteiger charge is -2.26. The summed E-state index contributed by atoms with van der Waals surface area (Å²) < 4.78 is 27.9. The molecule has 4 nitrogen and oxygen atoms in total. The van der Waals surface area contributed by atoms with Crippen LogP contribution in [0.5, 0.6) is 0 Å². The van der Waals surface area contributed by atoms with E-state index in [0.717, 1.165) is 5.57 Å². The van der Waals surface area contributed by atoms with Gasteiger partial charge in [-0.1, -0.05) is 36.2 Å². The SMILES string of the molecule is CCC1=CNS(=O)(=O)NC1c1ccc(Cl)cc1Cl. The minimum absolute atomic E-state index is 0.441. The van der Waals surface area contributed by atoms with E-state index in [0.29, 0.717) is 22.0 Å². The van der Waals surface area contributed by atoms with E-state index in [9.17, 15) is 8.42 Å². The molecular formula is C11H12Cl2N2O2S. The van der Waals surface area contributed by atoms with Crippen LogP contribution in [0, 0.1) is 0 Å². The van der Waals surface area contributed by atoms with Gasteiger partial charge in [-0.2, -0.15) is 13.1 Å². The molecule has 0 fully saturated rings. The van der Waals surface area contributed by atoms with Gasteiger partial charge in [0.05, 0.1) is 6.04 Å². The Labute approximate surface area is 116 Å². The largest absolute Gasteiger partial charge is 0.299 e. The van der Waals surface area contributed by atoms with Crippen LogP contribution in [-0.4, -0.2) is 8.42 Å². The fraction of sp³-hybridized carbons (Fsp3) is 0.273. The first-order chi connectivity index (χ1) is 8.43.